The van der Waals surface area contributed by atoms with Crippen molar-refractivity contribution in [2.75, 3.05) is 13.1 Å². The van der Waals surface area contributed by atoms with Gasteiger partial charge in [-0.2, -0.15) is 0 Å². The van der Waals surface area contributed by atoms with Gasteiger partial charge in [-0.15, -0.1) is 0 Å². The van der Waals surface area contributed by atoms with Crippen LogP contribution in [0.1, 0.15) is 30.9 Å². The van der Waals surface area contributed by atoms with E-state index in [2.05, 4.69) is 41.0 Å². The Balaban J connectivity index is 2.08. The van der Waals surface area contributed by atoms with Crippen molar-refractivity contribution in [3.63, 3.8) is 0 Å². The zero-order valence-corrected chi connectivity index (χ0v) is 10.2. The summed E-state index contributed by atoms with van der Waals surface area (Å²) in [6.45, 7) is 2.09. The number of nitrogens with one attached hydrogen (secondary N) is 2. The standard InChI is InChI=1S/C13H18N2S/c16-13-10-12(11-6-2-1-3-7-11)14-8-4-5-9-15-13/h1-3,6-7,12,14H,4-5,8-10H2,(H,15,16)/t12-/m0/s1. The van der Waals surface area contributed by atoms with Crippen LogP contribution in [0.4, 0.5) is 0 Å². The molecule has 0 unspecified atom stereocenters. The van der Waals surface area contributed by atoms with Gasteiger partial charge in [0, 0.05) is 19.0 Å². The van der Waals surface area contributed by atoms with Crippen molar-refractivity contribution in [1.29, 1.82) is 0 Å². The predicted octanol–water partition coefficient (Wildman–Crippen LogP) is 2.42. The van der Waals surface area contributed by atoms with Gasteiger partial charge in [0.15, 0.2) is 0 Å². The van der Waals surface area contributed by atoms with Crippen LogP contribution in [0.25, 0.3) is 0 Å². The van der Waals surface area contributed by atoms with E-state index >= 15 is 0 Å². The first-order chi connectivity index (χ1) is 7.86. The molecule has 0 aromatic heterocycles. The highest BCUT2D eigenvalue weighted by atomic mass is 32.1. The summed E-state index contributed by atoms with van der Waals surface area (Å²) >= 11 is 5.34. The highest BCUT2D eigenvalue weighted by Gasteiger charge is 2.13. The average molecular weight is 234 g/mol. The molecule has 1 aliphatic rings. The van der Waals surface area contributed by atoms with E-state index in [1.165, 1.54) is 18.4 Å². The third-order valence-electron chi connectivity index (χ3n) is 2.91. The minimum absolute atomic E-state index is 0.360. The van der Waals surface area contributed by atoms with Crippen LogP contribution in [0.2, 0.25) is 0 Å². The highest BCUT2D eigenvalue weighted by molar-refractivity contribution is 7.80. The van der Waals surface area contributed by atoms with Gasteiger partial charge < -0.3 is 10.6 Å². The molecule has 1 aromatic rings. The van der Waals surface area contributed by atoms with Crippen LogP contribution >= 0.6 is 12.2 Å². The molecule has 1 saturated heterocycles. The quantitative estimate of drug-likeness (QED) is 0.730. The third kappa shape index (κ3) is 3.29. The lowest BCUT2D eigenvalue weighted by Crippen LogP contribution is -2.27. The Morgan fingerprint density at radius 1 is 1.06 bits per heavy atom. The fraction of sp³-hybridized carbons (Fsp3) is 0.462. The van der Waals surface area contributed by atoms with Gasteiger partial charge in [-0.3, -0.25) is 0 Å². The lowest BCUT2D eigenvalue weighted by Gasteiger charge is -2.18. The summed E-state index contributed by atoms with van der Waals surface area (Å²) in [6, 6.07) is 10.9. The second kappa shape index (κ2) is 5.97. The maximum atomic E-state index is 5.34. The summed E-state index contributed by atoms with van der Waals surface area (Å²) in [4.78, 5) is 0.975. The fourth-order valence-corrected chi connectivity index (χ4v) is 2.27. The van der Waals surface area contributed by atoms with Crippen LogP contribution in [0, 0.1) is 0 Å². The molecule has 2 N–H and O–H groups in total. The van der Waals surface area contributed by atoms with Crippen molar-refractivity contribution in [2.24, 2.45) is 0 Å². The van der Waals surface area contributed by atoms with Crippen molar-refractivity contribution >= 4 is 17.2 Å². The maximum absolute atomic E-state index is 5.34. The van der Waals surface area contributed by atoms with Crippen molar-refractivity contribution in [3.05, 3.63) is 35.9 Å². The molecule has 0 saturated carbocycles. The fourth-order valence-electron chi connectivity index (χ4n) is 2.00. The molecule has 0 amide bonds. The summed E-state index contributed by atoms with van der Waals surface area (Å²) in [6.07, 6.45) is 3.30. The van der Waals surface area contributed by atoms with Crippen LogP contribution in [0.5, 0.6) is 0 Å². The zero-order valence-electron chi connectivity index (χ0n) is 9.41. The molecular formula is C13H18N2S. The van der Waals surface area contributed by atoms with Gasteiger partial charge in [0.05, 0.1) is 4.99 Å². The summed E-state index contributed by atoms with van der Waals surface area (Å²) in [7, 11) is 0. The maximum Gasteiger partial charge on any atom is 0.0772 e. The van der Waals surface area contributed by atoms with Crippen molar-refractivity contribution in [3.8, 4) is 0 Å². The van der Waals surface area contributed by atoms with Crippen molar-refractivity contribution in [1.82, 2.24) is 10.6 Å². The van der Waals surface area contributed by atoms with Gasteiger partial charge >= 0.3 is 0 Å². The summed E-state index contributed by atoms with van der Waals surface area (Å²) in [5, 5.41) is 6.90. The van der Waals surface area contributed by atoms with Crippen molar-refractivity contribution in [2.45, 2.75) is 25.3 Å². The molecular weight excluding hydrogens is 216 g/mol. The molecule has 3 heteroatoms. The minimum atomic E-state index is 0.360. The van der Waals surface area contributed by atoms with Gasteiger partial charge in [-0.25, -0.2) is 0 Å². The van der Waals surface area contributed by atoms with Gasteiger partial charge in [0.25, 0.3) is 0 Å². The van der Waals surface area contributed by atoms with E-state index in [0.717, 1.165) is 24.5 Å². The van der Waals surface area contributed by atoms with E-state index < -0.39 is 0 Å². The van der Waals surface area contributed by atoms with Gasteiger partial charge in [-0.1, -0.05) is 42.5 Å². The predicted molar refractivity (Wildman–Crippen MR) is 71.6 cm³/mol. The normalized spacial score (nSPS) is 22.8. The minimum Gasteiger partial charge on any atom is -0.380 e. The SMILES string of the molecule is S=C1C[C@@H](c2ccccc2)NCCCCN1. The molecule has 0 spiro atoms. The second-order valence-electron chi connectivity index (χ2n) is 4.18. The highest BCUT2D eigenvalue weighted by Crippen LogP contribution is 2.17. The van der Waals surface area contributed by atoms with E-state index in [0.29, 0.717) is 6.04 Å². The summed E-state index contributed by atoms with van der Waals surface area (Å²) in [5.74, 6) is 0. The lowest BCUT2D eigenvalue weighted by molar-refractivity contribution is 0.539. The molecule has 1 heterocycles. The van der Waals surface area contributed by atoms with Crippen LogP contribution in [0.3, 0.4) is 0 Å². The molecule has 2 nitrogen and oxygen atoms in total. The first kappa shape index (κ1) is 11.6. The van der Waals surface area contributed by atoms with Crippen LogP contribution < -0.4 is 10.6 Å². The zero-order chi connectivity index (χ0) is 11.2. The van der Waals surface area contributed by atoms with Crippen molar-refractivity contribution < 1.29 is 0 Å². The van der Waals surface area contributed by atoms with Gasteiger partial charge in [-0.05, 0) is 24.9 Å². The number of rotatable bonds is 1. The Hall–Kier alpha value is -0.930. The molecule has 1 aromatic carbocycles. The van der Waals surface area contributed by atoms with Gasteiger partial charge in [0.1, 0.15) is 0 Å². The molecule has 0 radical (unpaired) electrons. The van der Waals surface area contributed by atoms with E-state index in [-0.39, 0.29) is 0 Å². The Kier molecular flexibility index (Phi) is 4.31. The molecule has 1 atom stereocenters. The molecule has 1 aliphatic heterocycles. The van der Waals surface area contributed by atoms with Crippen LogP contribution in [0.15, 0.2) is 30.3 Å². The molecule has 2 rings (SSSR count). The topological polar surface area (TPSA) is 24.1 Å². The number of thiocarbonyl (C=S) groups is 1. The largest absolute Gasteiger partial charge is 0.380 e. The van der Waals surface area contributed by atoms with Gasteiger partial charge in [0.2, 0.25) is 0 Å². The molecule has 86 valence electrons. The molecule has 0 bridgehead atoms. The van der Waals surface area contributed by atoms with E-state index in [1.807, 2.05) is 0 Å². The molecule has 16 heavy (non-hydrogen) atoms. The third-order valence-corrected chi connectivity index (χ3v) is 3.22. The first-order valence-electron chi connectivity index (χ1n) is 5.91. The second-order valence-corrected chi connectivity index (χ2v) is 4.67. The summed E-state index contributed by atoms with van der Waals surface area (Å²) < 4.78 is 0. The molecule has 1 fully saturated rings. The number of hydrogen-bond donors (Lipinski definition) is 2. The number of benzene rings is 1. The average Bonchev–Trinajstić information content (AvgIpc) is 2.42. The Morgan fingerprint density at radius 3 is 2.62 bits per heavy atom. The Labute approximate surface area is 102 Å². The van der Waals surface area contributed by atoms with E-state index in [4.69, 9.17) is 12.2 Å². The summed E-state index contributed by atoms with van der Waals surface area (Å²) in [5.41, 5.74) is 1.33. The lowest BCUT2D eigenvalue weighted by atomic mass is 10.0. The monoisotopic (exact) mass is 234 g/mol. The first-order valence-corrected chi connectivity index (χ1v) is 6.32. The van der Waals surface area contributed by atoms with E-state index in [9.17, 15) is 0 Å². The Morgan fingerprint density at radius 2 is 1.81 bits per heavy atom. The van der Waals surface area contributed by atoms with E-state index in [1.54, 1.807) is 0 Å². The smallest absolute Gasteiger partial charge is 0.0772 e. The molecule has 0 aliphatic carbocycles. The number of hydrogen-bond acceptors (Lipinski definition) is 2. The van der Waals surface area contributed by atoms with Crippen LogP contribution in [-0.4, -0.2) is 18.1 Å². The van der Waals surface area contributed by atoms with Crippen LogP contribution in [-0.2, 0) is 0 Å². The Bertz CT molecular complexity index is 337.